The van der Waals surface area contributed by atoms with E-state index in [1.807, 2.05) is 0 Å². The van der Waals surface area contributed by atoms with Crippen molar-refractivity contribution in [1.29, 1.82) is 0 Å². The van der Waals surface area contributed by atoms with Crippen LogP contribution in [0.5, 0.6) is 0 Å². The van der Waals surface area contributed by atoms with Gasteiger partial charge in [-0.15, -0.1) is 0 Å². The van der Waals surface area contributed by atoms with Crippen molar-refractivity contribution in [3.8, 4) is 0 Å². The van der Waals surface area contributed by atoms with Crippen LogP contribution in [0.25, 0.3) is 0 Å². The maximum atomic E-state index is 10.4. The Morgan fingerprint density at radius 3 is 2.27 bits per heavy atom. The van der Waals surface area contributed by atoms with Gasteiger partial charge in [-0.3, -0.25) is 10.1 Å². The zero-order chi connectivity index (χ0) is 16.7. The Labute approximate surface area is 131 Å². The first-order valence-electron chi connectivity index (χ1n) is 7.40. The molecule has 0 unspecified atom stereocenters. The molecule has 0 radical (unpaired) electrons. The highest BCUT2D eigenvalue weighted by atomic mass is 16.5. The molecule has 9 heteroatoms. The van der Waals surface area contributed by atoms with Gasteiger partial charge in [0.25, 0.3) is 0 Å². The highest BCUT2D eigenvalue weighted by molar-refractivity contribution is 5.74. The molecule has 0 aliphatic rings. The lowest BCUT2D eigenvalue weighted by atomic mass is 10.4. The molecule has 0 fully saturated rings. The van der Waals surface area contributed by atoms with E-state index in [2.05, 4.69) is 10.6 Å². The van der Waals surface area contributed by atoms with E-state index in [4.69, 9.17) is 19.9 Å². The molecule has 0 aromatic carbocycles. The van der Waals surface area contributed by atoms with E-state index < -0.39 is 11.8 Å². The van der Waals surface area contributed by atoms with Gasteiger partial charge in [0.2, 0.25) is 11.8 Å². The number of primary amides is 1. The predicted molar refractivity (Wildman–Crippen MR) is 80.0 cm³/mol. The first kappa shape index (κ1) is 21.2. The summed E-state index contributed by atoms with van der Waals surface area (Å²) in [7, 11) is 0. The number of carbonyl (C=O) groups excluding carboxylic acids is 1. The van der Waals surface area contributed by atoms with Gasteiger partial charge in [-0.25, -0.2) is 0 Å². The normalized spacial score (nSPS) is 11.8. The molecule has 22 heavy (non-hydrogen) atoms. The van der Waals surface area contributed by atoms with Gasteiger partial charge in [0.15, 0.2) is 0 Å². The number of rotatable bonds is 16. The van der Waals surface area contributed by atoms with Gasteiger partial charge in [-0.1, -0.05) is 6.92 Å². The molecule has 9 nitrogen and oxygen atoms in total. The number of nitrogens with one attached hydrogen (secondary N) is 2. The van der Waals surface area contributed by atoms with E-state index in [0.717, 1.165) is 6.42 Å². The number of amides is 1. The fourth-order valence-electron chi connectivity index (χ4n) is 1.52. The number of hydrogen-bond donors (Lipinski definition) is 5. The van der Waals surface area contributed by atoms with Gasteiger partial charge in [0, 0.05) is 6.61 Å². The Bertz CT molecular complexity index is 279. The van der Waals surface area contributed by atoms with Crippen molar-refractivity contribution in [3.05, 3.63) is 0 Å². The highest BCUT2D eigenvalue weighted by Crippen LogP contribution is 1.90. The summed E-state index contributed by atoms with van der Waals surface area (Å²) in [6, 6.07) is 0. The molecule has 0 aliphatic carbocycles. The molecule has 0 bridgehead atoms. The third kappa shape index (κ3) is 15.6. The molecule has 0 spiro atoms. The zero-order valence-corrected chi connectivity index (χ0v) is 13.2. The van der Waals surface area contributed by atoms with Gasteiger partial charge < -0.3 is 35.5 Å². The third-order valence-corrected chi connectivity index (χ3v) is 2.46. The van der Waals surface area contributed by atoms with Crippen molar-refractivity contribution in [2.45, 2.75) is 19.3 Å². The second-order valence-electron chi connectivity index (χ2n) is 4.62. The summed E-state index contributed by atoms with van der Waals surface area (Å²) in [4.78, 5) is 10.4. The largest absolute Gasteiger partial charge is 0.379 e. The van der Waals surface area contributed by atoms with Gasteiger partial charge in [0.05, 0.1) is 33.0 Å². The van der Waals surface area contributed by atoms with E-state index in [0.29, 0.717) is 46.1 Å². The molecule has 0 rings (SSSR count). The Hall–Kier alpha value is -0.810. The van der Waals surface area contributed by atoms with E-state index in [9.17, 15) is 15.0 Å². The molecule has 0 saturated heterocycles. The summed E-state index contributed by atoms with van der Waals surface area (Å²) in [6.45, 7) is 5.03. The SMILES string of the molecule is CCNC(O)(O)CNCCCOCCOCCOCC(N)=O. The standard InChI is InChI=1S/C13H29N3O6/c1-2-16-13(18,19)11-15-4-3-5-20-6-7-21-8-9-22-10-12(14)17/h15-16,18-19H,2-11H2,1H3,(H2,14,17). The molecule has 0 aromatic rings. The topological polar surface area (TPSA) is 135 Å². The van der Waals surface area contributed by atoms with Gasteiger partial charge in [-0.05, 0) is 19.5 Å². The fourth-order valence-corrected chi connectivity index (χ4v) is 1.52. The lowest BCUT2D eigenvalue weighted by molar-refractivity contribution is -0.180. The van der Waals surface area contributed by atoms with Crippen molar-refractivity contribution < 1.29 is 29.2 Å². The second-order valence-corrected chi connectivity index (χ2v) is 4.62. The van der Waals surface area contributed by atoms with Gasteiger partial charge >= 0.3 is 0 Å². The maximum Gasteiger partial charge on any atom is 0.243 e. The lowest BCUT2D eigenvalue weighted by Gasteiger charge is -2.22. The molecule has 0 aliphatic heterocycles. The molecule has 132 valence electrons. The summed E-state index contributed by atoms with van der Waals surface area (Å²) in [6.07, 6.45) is 0.754. The summed E-state index contributed by atoms with van der Waals surface area (Å²) < 4.78 is 15.5. The van der Waals surface area contributed by atoms with Gasteiger partial charge in [-0.2, -0.15) is 0 Å². The number of nitrogens with two attached hydrogens (primary N) is 1. The van der Waals surface area contributed by atoms with Crippen LogP contribution < -0.4 is 16.4 Å². The Morgan fingerprint density at radius 2 is 1.68 bits per heavy atom. The smallest absolute Gasteiger partial charge is 0.243 e. The lowest BCUT2D eigenvalue weighted by Crippen LogP contribution is -2.52. The summed E-state index contributed by atoms with van der Waals surface area (Å²) in [5.41, 5.74) is 4.90. The molecule has 0 atom stereocenters. The fraction of sp³-hybridized carbons (Fsp3) is 0.923. The summed E-state index contributed by atoms with van der Waals surface area (Å²) >= 11 is 0. The Morgan fingerprint density at radius 1 is 1.09 bits per heavy atom. The van der Waals surface area contributed by atoms with E-state index in [-0.39, 0.29) is 13.2 Å². The minimum atomic E-state index is -1.87. The van der Waals surface area contributed by atoms with Crippen LogP contribution >= 0.6 is 0 Å². The molecule has 0 aromatic heterocycles. The Balaban J connectivity index is 3.16. The molecule has 0 heterocycles. The van der Waals surface area contributed by atoms with E-state index >= 15 is 0 Å². The van der Waals surface area contributed by atoms with Crippen molar-refractivity contribution in [2.24, 2.45) is 5.73 Å². The zero-order valence-electron chi connectivity index (χ0n) is 13.2. The number of ether oxygens (including phenoxy) is 3. The maximum absolute atomic E-state index is 10.4. The van der Waals surface area contributed by atoms with Crippen LogP contribution in [-0.2, 0) is 19.0 Å². The Kier molecular flexibility index (Phi) is 13.3. The first-order chi connectivity index (χ1) is 10.5. The van der Waals surface area contributed by atoms with Crippen LogP contribution in [0.3, 0.4) is 0 Å². The summed E-state index contributed by atoms with van der Waals surface area (Å²) in [5, 5.41) is 24.3. The molecule has 6 N–H and O–H groups in total. The monoisotopic (exact) mass is 323 g/mol. The van der Waals surface area contributed by atoms with Crippen LogP contribution in [0.2, 0.25) is 0 Å². The van der Waals surface area contributed by atoms with Crippen molar-refractivity contribution >= 4 is 5.91 Å². The van der Waals surface area contributed by atoms with Crippen LogP contribution in [0, 0.1) is 0 Å². The van der Waals surface area contributed by atoms with Crippen LogP contribution in [-0.4, -0.2) is 81.3 Å². The summed E-state index contributed by atoms with van der Waals surface area (Å²) in [5.74, 6) is -2.37. The average molecular weight is 323 g/mol. The van der Waals surface area contributed by atoms with Crippen LogP contribution in [0.4, 0.5) is 0 Å². The third-order valence-electron chi connectivity index (χ3n) is 2.46. The number of carbonyl (C=O) groups is 1. The van der Waals surface area contributed by atoms with Crippen LogP contribution in [0.15, 0.2) is 0 Å². The number of aliphatic hydroxyl groups is 2. The van der Waals surface area contributed by atoms with Crippen molar-refractivity contribution in [3.63, 3.8) is 0 Å². The first-order valence-corrected chi connectivity index (χ1v) is 7.40. The number of likely N-dealkylation sites (N-methyl/N-ethyl adjacent to an activating group) is 1. The van der Waals surface area contributed by atoms with Crippen molar-refractivity contribution in [2.75, 3.05) is 59.3 Å². The minimum Gasteiger partial charge on any atom is -0.379 e. The minimum absolute atomic E-state index is 0.0508. The predicted octanol–water partition coefficient (Wildman–Crippen LogP) is -2.25. The average Bonchev–Trinajstić information content (AvgIpc) is 2.43. The highest BCUT2D eigenvalue weighted by Gasteiger charge is 2.19. The molecular weight excluding hydrogens is 294 g/mol. The van der Waals surface area contributed by atoms with Crippen molar-refractivity contribution in [1.82, 2.24) is 10.6 Å². The second kappa shape index (κ2) is 13.8. The van der Waals surface area contributed by atoms with Gasteiger partial charge in [0.1, 0.15) is 6.61 Å². The molecule has 1 amide bonds. The molecule has 0 saturated carbocycles. The van der Waals surface area contributed by atoms with E-state index in [1.165, 1.54) is 0 Å². The quantitative estimate of drug-likeness (QED) is 0.159. The van der Waals surface area contributed by atoms with Crippen LogP contribution in [0.1, 0.15) is 13.3 Å². The molecular formula is C13H29N3O6. The number of hydrogen-bond acceptors (Lipinski definition) is 8. The van der Waals surface area contributed by atoms with E-state index in [1.54, 1.807) is 6.92 Å².